The van der Waals surface area contributed by atoms with Gasteiger partial charge in [0.25, 0.3) is 5.91 Å². The number of pyridine rings is 1. The number of carbonyl (C=O) groups is 1. The number of hydrogen-bond acceptors (Lipinski definition) is 4. The van der Waals surface area contributed by atoms with Crippen molar-refractivity contribution in [3.8, 4) is 0 Å². The van der Waals surface area contributed by atoms with Crippen molar-refractivity contribution in [3.05, 3.63) is 24.0 Å². The van der Waals surface area contributed by atoms with Gasteiger partial charge < -0.3 is 15.4 Å². The zero-order valence-corrected chi connectivity index (χ0v) is 13.2. The third-order valence-electron chi connectivity index (χ3n) is 3.02. The maximum Gasteiger partial charge on any atom is 0.253 e. The molecule has 0 atom stereocenters. The van der Waals surface area contributed by atoms with Crippen molar-refractivity contribution < 1.29 is 9.53 Å². The van der Waals surface area contributed by atoms with Crippen molar-refractivity contribution >= 4 is 11.6 Å². The number of nitrogens with zero attached hydrogens (tertiary/aromatic N) is 1. The lowest BCUT2D eigenvalue weighted by Gasteiger charge is -2.11. The number of amides is 1. The summed E-state index contributed by atoms with van der Waals surface area (Å²) in [4.78, 5) is 16.2. The van der Waals surface area contributed by atoms with Crippen molar-refractivity contribution in [1.29, 1.82) is 0 Å². The fraction of sp³-hybridized carbons (Fsp3) is 0.625. The Morgan fingerprint density at radius 3 is 2.76 bits per heavy atom. The molecule has 0 saturated carbocycles. The van der Waals surface area contributed by atoms with Crippen molar-refractivity contribution in [2.45, 2.75) is 39.5 Å². The van der Waals surface area contributed by atoms with Gasteiger partial charge in [0.15, 0.2) is 0 Å². The van der Waals surface area contributed by atoms with Gasteiger partial charge in [-0.3, -0.25) is 9.78 Å². The average molecular weight is 293 g/mol. The Bertz CT molecular complexity index is 410. The molecule has 0 aliphatic heterocycles. The Kier molecular flexibility index (Phi) is 9.20. The molecule has 0 aromatic carbocycles. The lowest BCUT2D eigenvalue weighted by atomic mass is 10.2. The first-order valence-corrected chi connectivity index (χ1v) is 7.83. The van der Waals surface area contributed by atoms with E-state index in [1.807, 2.05) is 0 Å². The number of unbranched alkanes of at least 4 members (excludes halogenated alkanes) is 1. The van der Waals surface area contributed by atoms with Crippen LogP contribution in [0, 0.1) is 0 Å². The van der Waals surface area contributed by atoms with Gasteiger partial charge in [-0.1, -0.05) is 20.3 Å². The summed E-state index contributed by atoms with van der Waals surface area (Å²) < 4.78 is 5.46. The summed E-state index contributed by atoms with van der Waals surface area (Å²) in [5.41, 5.74) is 1.43. The van der Waals surface area contributed by atoms with E-state index in [0.29, 0.717) is 18.7 Å². The molecule has 1 heterocycles. The summed E-state index contributed by atoms with van der Waals surface area (Å²) in [6.07, 6.45) is 7.41. The monoisotopic (exact) mass is 293 g/mol. The fourth-order valence-corrected chi connectivity index (χ4v) is 1.81. The van der Waals surface area contributed by atoms with Crippen LogP contribution in [0.15, 0.2) is 18.5 Å². The summed E-state index contributed by atoms with van der Waals surface area (Å²) in [7, 11) is 0. The first-order chi connectivity index (χ1) is 10.3. The van der Waals surface area contributed by atoms with Crippen molar-refractivity contribution in [1.82, 2.24) is 10.3 Å². The third kappa shape index (κ3) is 7.09. The molecule has 1 rings (SSSR count). The van der Waals surface area contributed by atoms with Crippen LogP contribution in [0.5, 0.6) is 0 Å². The van der Waals surface area contributed by atoms with Crippen molar-refractivity contribution in [3.63, 3.8) is 0 Å². The molecule has 21 heavy (non-hydrogen) atoms. The Labute approximate surface area is 127 Å². The molecule has 118 valence electrons. The molecule has 5 heteroatoms. The van der Waals surface area contributed by atoms with Crippen LogP contribution in [0.3, 0.4) is 0 Å². The number of nitrogens with one attached hydrogen (secondary N) is 2. The molecule has 1 aromatic rings. The van der Waals surface area contributed by atoms with Crippen LogP contribution in [0.25, 0.3) is 0 Å². The highest BCUT2D eigenvalue weighted by Crippen LogP contribution is 2.13. The van der Waals surface area contributed by atoms with Gasteiger partial charge in [-0.05, 0) is 25.3 Å². The van der Waals surface area contributed by atoms with E-state index in [1.165, 1.54) is 0 Å². The number of carbonyl (C=O) groups excluding carboxylic acids is 1. The van der Waals surface area contributed by atoms with Gasteiger partial charge >= 0.3 is 0 Å². The Balaban J connectivity index is 2.31. The summed E-state index contributed by atoms with van der Waals surface area (Å²) in [5.74, 6) is -0.0652. The van der Waals surface area contributed by atoms with Gasteiger partial charge in [0.05, 0.1) is 17.4 Å². The van der Waals surface area contributed by atoms with Crippen LogP contribution in [-0.2, 0) is 4.74 Å². The first-order valence-electron chi connectivity index (χ1n) is 7.83. The van der Waals surface area contributed by atoms with Gasteiger partial charge in [-0.25, -0.2) is 0 Å². The minimum atomic E-state index is -0.0652. The summed E-state index contributed by atoms with van der Waals surface area (Å²) in [6.45, 7) is 7.18. The quantitative estimate of drug-likeness (QED) is 0.616. The van der Waals surface area contributed by atoms with E-state index >= 15 is 0 Å². The predicted octanol–water partition coefficient (Wildman–Crippen LogP) is 2.84. The van der Waals surface area contributed by atoms with E-state index in [1.54, 1.807) is 18.5 Å². The molecule has 0 saturated heterocycles. The standard InChI is InChI=1S/C16H27N3O2/c1-3-5-11-21-12-6-9-19-16(20)14-7-10-17-13-15(14)18-8-4-2/h7,10,13,18H,3-6,8-9,11-12H2,1-2H3,(H,19,20). The van der Waals surface area contributed by atoms with E-state index in [9.17, 15) is 4.79 Å². The van der Waals surface area contributed by atoms with Gasteiger partial charge in [0, 0.05) is 32.5 Å². The minimum absolute atomic E-state index is 0.0652. The maximum atomic E-state index is 12.1. The fourth-order valence-electron chi connectivity index (χ4n) is 1.81. The van der Waals surface area contributed by atoms with Gasteiger partial charge in [-0.2, -0.15) is 0 Å². The van der Waals surface area contributed by atoms with Crippen LogP contribution < -0.4 is 10.6 Å². The lowest BCUT2D eigenvalue weighted by molar-refractivity contribution is 0.0941. The second-order valence-corrected chi connectivity index (χ2v) is 4.92. The van der Waals surface area contributed by atoms with E-state index in [-0.39, 0.29) is 5.91 Å². The number of rotatable bonds is 11. The van der Waals surface area contributed by atoms with E-state index in [0.717, 1.165) is 44.5 Å². The smallest absolute Gasteiger partial charge is 0.253 e. The molecule has 0 bridgehead atoms. The highest BCUT2D eigenvalue weighted by molar-refractivity contribution is 5.99. The zero-order valence-electron chi connectivity index (χ0n) is 13.2. The molecule has 0 unspecified atom stereocenters. The molecule has 0 radical (unpaired) electrons. The molecular weight excluding hydrogens is 266 g/mol. The van der Waals surface area contributed by atoms with Gasteiger partial charge in [-0.15, -0.1) is 0 Å². The van der Waals surface area contributed by atoms with E-state index in [4.69, 9.17) is 4.74 Å². The van der Waals surface area contributed by atoms with Crippen LogP contribution in [0.4, 0.5) is 5.69 Å². The molecule has 0 aliphatic rings. The predicted molar refractivity (Wildman–Crippen MR) is 85.7 cm³/mol. The highest BCUT2D eigenvalue weighted by Gasteiger charge is 2.10. The third-order valence-corrected chi connectivity index (χ3v) is 3.02. The molecule has 0 aliphatic carbocycles. The van der Waals surface area contributed by atoms with Crippen LogP contribution in [0.1, 0.15) is 49.9 Å². The molecule has 5 nitrogen and oxygen atoms in total. The summed E-state index contributed by atoms with van der Waals surface area (Å²) in [5, 5.41) is 6.14. The second-order valence-electron chi connectivity index (χ2n) is 4.92. The molecule has 2 N–H and O–H groups in total. The molecular formula is C16H27N3O2. The largest absolute Gasteiger partial charge is 0.383 e. The van der Waals surface area contributed by atoms with E-state index in [2.05, 4.69) is 29.5 Å². The van der Waals surface area contributed by atoms with Crippen molar-refractivity contribution in [2.24, 2.45) is 0 Å². The summed E-state index contributed by atoms with van der Waals surface area (Å²) in [6, 6.07) is 1.74. The van der Waals surface area contributed by atoms with Crippen LogP contribution in [-0.4, -0.2) is 37.2 Å². The number of hydrogen-bond donors (Lipinski definition) is 2. The number of anilines is 1. The number of ether oxygens (including phenoxy) is 1. The topological polar surface area (TPSA) is 63.2 Å². The zero-order chi connectivity index (χ0) is 15.3. The SMILES string of the molecule is CCCCOCCCNC(=O)c1ccncc1NCCC. The van der Waals surface area contributed by atoms with E-state index < -0.39 is 0 Å². The van der Waals surface area contributed by atoms with Gasteiger partial charge in [0.2, 0.25) is 0 Å². The number of aromatic nitrogens is 1. The molecule has 0 spiro atoms. The average Bonchev–Trinajstić information content (AvgIpc) is 2.52. The second kappa shape index (κ2) is 11.1. The molecule has 1 aromatic heterocycles. The summed E-state index contributed by atoms with van der Waals surface area (Å²) >= 11 is 0. The normalized spacial score (nSPS) is 10.4. The van der Waals surface area contributed by atoms with Gasteiger partial charge in [0.1, 0.15) is 0 Å². The molecule has 1 amide bonds. The van der Waals surface area contributed by atoms with Crippen LogP contribution in [0.2, 0.25) is 0 Å². The first kappa shape index (κ1) is 17.4. The molecule has 0 fully saturated rings. The van der Waals surface area contributed by atoms with Crippen molar-refractivity contribution in [2.75, 3.05) is 31.6 Å². The maximum absolute atomic E-state index is 12.1. The van der Waals surface area contributed by atoms with Crippen LogP contribution >= 0.6 is 0 Å². The lowest BCUT2D eigenvalue weighted by Crippen LogP contribution is -2.26. The Morgan fingerprint density at radius 2 is 2.00 bits per heavy atom. The Hall–Kier alpha value is -1.62. The highest BCUT2D eigenvalue weighted by atomic mass is 16.5. The minimum Gasteiger partial charge on any atom is -0.383 e. The Morgan fingerprint density at radius 1 is 1.19 bits per heavy atom.